The molecule has 0 bridgehead atoms. The molecule has 0 fully saturated rings. The summed E-state index contributed by atoms with van der Waals surface area (Å²) in [5.74, 6) is 0. The summed E-state index contributed by atoms with van der Waals surface area (Å²) >= 11 is 0. The molecule has 3 nitrogen and oxygen atoms in total. The van der Waals surface area contributed by atoms with Crippen LogP contribution in [0.25, 0.3) is 10.9 Å². The molecular formula is C15H13N3. The van der Waals surface area contributed by atoms with Crippen molar-refractivity contribution >= 4 is 22.8 Å². The highest BCUT2D eigenvalue weighted by atomic mass is 15.3. The Balaban J connectivity index is 1.80. The summed E-state index contributed by atoms with van der Waals surface area (Å²) in [6, 6.07) is 18.1. The van der Waals surface area contributed by atoms with Crippen LogP contribution in [0.15, 0.2) is 65.9 Å². The summed E-state index contributed by atoms with van der Waals surface area (Å²) in [6.07, 6.45) is 3.78. The van der Waals surface area contributed by atoms with Crippen molar-refractivity contribution < 1.29 is 0 Å². The molecule has 3 rings (SSSR count). The zero-order valence-corrected chi connectivity index (χ0v) is 9.80. The summed E-state index contributed by atoms with van der Waals surface area (Å²) in [6.45, 7) is 0. The number of anilines is 1. The van der Waals surface area contributed by atoms with E-state index in [9.17, 15) is 0 Å². The van der Waals surface area contributed by atoms with Gasteiger partial charge < -0.3 is 4.98 Å². The molecule has 2 N–H and O–H groups in total. The average molecular weight is 235 g/mol. The van der Waals surface area contributed by atoms with E-state index in [1.165, 1.54) is 5.39 Å². The van der Waals surface area contributed by atoms with Crippen molar-refractivity contribution in [1.82, 2.24) is 4.98 Å². The minimum Gasteiger partial charge on any atom is -0.361 e. The molecule has 0 saturated carbocycles. The van der Waals surface area contributed by atoms with Gasteiger partial charge >= 0.3 is 0 Å². The summed E-state index contributed by atoms with van der Waals surface area (Å²) in [4.78, 5) is 3.22. The van der Waals surface area contributed by atoms with Gasteiger partial charge in [0.25, 0.3) is 0 Å². The third kappa shape index (κ3) is 2.11. The number of hydrogen-bond acceptors (Lipinski definition) is 2. The summed E-state index contributed by atoms with van der Waals surface area (Å²) in [7, 11) is 0. The van der Waals surface area contributed by atoms with Crippen LogP contribution in [-0.2, 0) is 0 Å². The lowest BCUT2D eigenvalue weighted by atomic mass is 10.2. The molecule has 0 spiro atoms. The van der Waals surface area contributed by atoms with E-state index in [2.05, 4.69) is 27.6 Å². The fourth-order valence-corrected chi connectivity index (χ4v) is 1.89. The first-order valence-corrected chi connectivity index (χ1v) is 5.84. The molecular weight excluding hydrogens is 222 g/mol. The highest BCUT2D eigenvalue weighted by molar-refractivity contribution is 5.99. The maximum absolute atomic E-state index is 4.24. The number of hydrazone groups is 1. The van der Waals surface area contributed by atoms with Gasteiger partial charge in [0.05, 0.1) is 11.9 Å². The molecule has 3 aromatic rings. The van der Waals surface area contributed by atoms with Crippen molar-refractivity contribution in [2.75, 3.05) is 5.43 Å². The third-order valence-corrected chi connectivity index (χ3v) is 2.79. The van der Waals surface area contributed by atoms with Gasteiger partial charge in [0.15, 0.2) is 0 Å². The van der Waals surface area contributed by atoms with Gasteiger partial charge in [0.2, 0.25) is 0 Å². The number of para-hydroxylation sites is 2. The number of aromatic nitrogens is 1. The van der Waals surface area contributed by atoms with Gasteiger partial charge in [-0.2, -0.15) is 5.10 Å². The van der Waals surface area contributed by atoms with Crippen molar-refractivity contribution in [3.63, 3.8) is 0 Å². The number of hydrogen-bond donors (Lipinski definition) is 2. The standard InChI is InChI=1S/C15H13N3/c1-2-6-13(7-3-1)18-17-11-12-10-16-15-9-5-4-8-14(12)15/h1-11,16,18H. The first kappa shape index (κ1) is 10.6. The Morgan fingerprint density at radius 3 is 2.61 bits per heavy atom. The van der Waals surface area contributed by atoms with E-state index in [0.717, 1.165) is 16.8 Å². The van der Waals surface area contributed by atoms with Crippen molar-refractivity contribution in [2.24, 2.45) is 5.10 Å². The maximum Gasteiger partial charge on any atom is 0.0566 e. The lowest BCUT2D eigenvalue weighted by molar-refractivity contribution is 1.35. The Morgan fingerprint density at radius 2 is 1.72 bits per heavy atom. The Hall–Kier alpha value is -2.55. The van der Waals surface area contributed by atoms with Gasteiger partial charge in [-0.05, 0) is 18.2 Å². The number of benzene rings is 2. The topological polar surface area (TPSA) is 40.2 Å². The van der Waals surface area contributed by atoms with E-state index in [1.807, 2.05) is 54.9 Å². The zero-order chi connectivity index (χ0) is 12.2. The molecule has 3 heteroatoms. The molecule has 2 aromatic carbocycles. The van der Waals surface area contributed by atoms with Crippen LogP contribution in [0.5, 0.6) is 0 Å². The molecule has 18 heavy (non-hydrogen) atoms. The van der Waals surface area contributed by atoms with Crippen LogP contribution in [-0.4, -0.2) is 11.2 Å². The van der Waals surface area contributed by atoms with E-state index in [4.69, 9.17) is 0 Å². The van der Waals surface area contributed by atoms with E-state index in [1.54, 1.807) is 0 Å². The van der Waals surface area contributed by atoms with Crippen LogP contribution in [0.3, 0.4) is 0 Å². The summed E-state index contributed by atoms with van der Waals surface area (Å²) < 4.78 is 0. The molecule has 0 unspecified atom stereocenters. The molecule has 0 aliphatic carbocycles. The molecule has 1 heterocycles. The normalized spacial score (nSPS) is 11.1. The van der Waals surface area contributed by atoms with Gasteiger partial charge in [-0.3, -0.25) is 5.43 Å². The number of H-pyrrole nitrogens is 1. The summed E-state index contributed by atoms with van der Waals surface area (Å²) in [5.41, 5.74) is 6.18. The van der Waals surface area contributed by atoms with Crippen LogP contribution in [0, 0.1) is 0 Å². The fraction of sp³-hybridized carbons (Fsp3) is 0. The second-order valence-corrected chi connectivity index (χ2v) is 4.03. The van der Waals surface area contributed by atoms with Crippen LogP contribution in [0.1, 0.15) is 5.56 Å². The van der Waals surface area contributed by atoms with Crippen LogP contribution in [0.4, 0.5) is 5.69 Å². The molecule has 88 valence electrons. The highest BCUT2D eigenvalue weighted by Crippen LogP contribution is 2.15. The Labute approximate surface area is 105 Å². The monoisotopic (exact) mass is 235 g/mol. The lowest BCUT2D eigenvalue weighted by Crippen LogP contribution is -1.89. The number of nitrogens with zero attached hydrogens (tertiary/aromatic N) is 1. The largest absolute Gasteiger partial charge is 0.361 e. The fourth-order valence-electron chi connectivity index (χ4n) is 1.89. The minimum atomic E-state index is 0.980. The first-order chi connectivity index (χ1) is 8.93. The number of aromatic amines is 1. The Bertz CT molecular complexity index is 668. The van der Waals surface area contributed by atoms with E-state index >= 15 is 0 Å². The first-order valence-electron chi connectivity index (χ1n) is 5.84. The van der Waals surface area contributed by atoms with Gasteiger partial charge in [0, 0.05) is 22.7 Å². The number of rotatable bonds is 3. The lowest BCUT2D eigenvalue weighted by Gasteiger charge is -1.97. The predicted octanol–water partition coefficient (Wildman–Crippen LogP) is 3.61. The molecule has 0 aliphatic heterocycles. The number of nitrogens with one attached hydrogen (secondary N) is 2. The maximum atomic E-state index is 4.24. The van der Waals surface area contributed by atoms with Crippen molar-refractivity contribution in [1.29, 1.82) is 0 Å². The second kappa shape index (κ2) is 4.75. The number of fused-ring (bicyclic) bond motifs is 1. The zero-order valence-electron chi connectivity index (χ0n) is 9.80. The predicted molar refractivity (Wildman–Crippen MR) is 76.0 cm³/mol. The van der Waals surface area contributed by atoms with Gasteiger partial charge in [0.1, 0.15) is 0 Å². The van der Waals surface area contributed by atoms with Crippen LogP contribution >= 0.6 is 0 Å². The van der Waals surface area contributed by atoms with Gasteiger partial charge in [-0.25, -0.2) is 0 Å². The van der Waals surface area contributed by atoms with E-state index < -0.39 is 0 Å². The van der Waals surface area contributed by atoms with Crippen molar-refractivity contribution in [2.45, 2.75) is 0 Å². The molecule has 0 radical (unpaired) electrons. The van der Waals surface area contributed by atoms with Crippen molar-refractivity contribution in [3.8, 4) is 0 Å². The quantitative estimate of drug-likeness (QED) is 0.528. The van der Waals surface area contributed by atoms with Crippen LogP contribution < -0.4 is 5.43 Å². The van der Waals surface area contributed by atoms with E-state index in [0.29, 0.717) is 0 Å². The van der Waals surface area contributed by atoms with Gasteiger partial charge in [-0.1, -0.05) is 36.4 Å². The molecule has 0 aliphatic rings. The molecule has 0 amide bonds. The molecule has 1 aromatic heterocycles. The Morgan fingerprint density at radius 1 is 0.944 bits per heavy atom. The van der Waals surface area contributed by atoms with E-state index in [-0.39, 0.29) is 0 Å². The SMILES string of the molecule is C(=NNc1ccccc1)c1c[nH]c2ccccc12. The smallest absolute Gasteiger partial charge is 0.0566 e. The Kier molecular flexibility index (Phi) is 2.80. The van der Waals surface area contributed by atoms with Crippen molar-refractivity contribution in [3.05, 3.63) is 66.4 Å². The van der Waals surface area contributed by atoms with Crippen LogP contribution in [0.2, 0.25) is 0 Å². The highest BCUT2D eigenvalue weighted by Gasteiger charge is 1.98. The molecule has 0 saturated heterocycles. The third-order valence-electron chi connectivity index (χ3n) is 2.79. The van der Waals surface area contributed by atoms with Gasteiger partial charge in [-0.15, -0.1) is 0 Å². The minimum absolute atomic E-state index is 0.980. The summed E-state index contributed by atoms with van der Waals surface area (Å²) in [5, 5.41) is 5.42. The average Bonchev–Trinajstić information content (AvgIpc) is 2.84. The molecule has 0 atom stereocenters. The second-order valence-electron chi connectivity index (χ2n) is 4.03.